The first kappa shape index (κ1) is 20.4. The summed E-state index contributed by atoms with van der Waals surface area (Å²) in [5.41, 5.74) is 1.83. The number of imide groups is 1. The zero-order chi connectivity index (χ0) is 20.1. The molecule has 1 saturated heterocycles. The lowest BCUT2D eigenvalue weighted by atomic mass is 10.0. The fourth-order valence-corrected chi connectivity index (χ4v) is 3.70. The van der Waals surface area contributed by atoms with E-state index in [1.807, 2.05) is 45.0 Å². The minimum absolute atomic E-state index is 0.0840. The van der Waals surface area contributed by atoms with E-state index in [4.69, 9.17) is 9.47 Å². The van der Waals surface area contributed by atoms with Crippen molar-refractivity contribution >= 4 is 17.4 Å². The Morgan fingerprint density at radius 1 is 1.04 bits per heavy atom. The summed E-state index contributed by atoms with van der Waals surface area (Å²) in [5, 5.41) is 0. The number of benzene rings is 1. The normalized spacial score (nSPS) is 17.4. The van der Waals surface area contributed by atoms with Crippen molar-refractivity contribution in [2.24, 2.45) is 0 Å². The second-order valence-corrected chi connectivity index (χ2v) is 7.42. The van der Waals surface area contributed by atoms with E-state index in [2.05, 4.69) is 4.90 Å². The van der Waals surface area contributed by atoms with Crippen molar-refractivity contribution in [1.29, 1.82) is 0 Å². The lowest BCUT2D eigenvalue weighted by molar-refractivity contribution is -0.137. The van der Waals surface area contributed by atoms with E-state index in [9.17, 15) is 9.59 Å². The molecule has 0 bridgehead atoms. The predicted octanol–water partition coefficient (Wildman–Crippen LogP) is 3.08. The van der Waals surface area contributed by atoms with Crippen molar-refractivity contribution in [3.05, 3.63) is 35.5 Å². The van der Waals surface area contributed by atoms with Crippen molar-refractivity contribution in [2.75, 3.05) is 32.8 Å². The van der Waals surface area contributed by atoms with Crippen molar-refractivity contribution in [1.82, 2.24) is 9.80 Å². The Labute approximate surface area is 167 Å². The van der Waals surface area contributed by atoms with Crippen LogP contribution in [0.15, 0.2) is 30.0 Å². The number of amides is 2. The molecule has 2 amide bonds. The minimum atomic E-state index is -0.207. The zero-order valence-electron chi connectivity index (χ0n) is 17.1. The van der Waals surface area contributed by atoms with Gasteiger partial charge in [0.25, 0.3) is 11.8 Å². The molecule has 3 rings (SSSR count). The number of hydrogen-bond donors (Lipinski definition) is 0. The third kappa shape index (κ3) is 4.38. The van der Waals surface area contributed by atoms with E-state index in [-0.39, 0.29) is 17.9 Å². The highest BCUT2D eigenvalue weighted by molar-refractivity contribution is 6.35. The highest BCUT2D eigenvalue weighted by atomic mass is 16.5. The van der Waals surface area contributed by atoms with Crippen LogP contribution in [-0.4, -0.2) is 60.6 Å². The van der Waals surface area contributed by atoms with Gasteiger partial charge in [0.15, 0.2) is 0 Å². The van der Waals surface area contributed by atoms with Gasteiger partial charge in [0.1, 0.15) is 11.4 Å². The van der Waals surface area contributed by atoms with Crippen LogP contribution in [-0.2, 0) is 14.3 Å². The van der Waals surface area contributed by atoms with Gasteiger partial charge in [-0.25, -0.2) is 0 Å². The molecule has 0 aliphatic carbocycles. The van der Waals surface area contributed by atoms with Gasteiger partial charge in [0.2, 0.25) is 0 Å². The summed E-state index contributed by atoms with van der Waals surface area (Å²) in [6.07, 6.45) is 2.82. The molecular formula is C22H30N2O4. The quantitative estimate of drug-likeness (QED) is 0.482. The molecule has 0 N–H and O–H groups in total. The third-order valence-corrected chi connectivity index (χ3v) is 4.96. The standard InChI is InChI=1S/C22H30N2O4/c1-4-27-15-7-14-24-21(25)19(20(22(24)26)23-12-5-6-13-23)17-8-10-18(11-9-17)28-16(2)3/h8-11,16H,4-7,12-15H2,1-3H3. The van der Waals surface area contributed by atoms with Crippen LogP contribution in [0.1, 0.15) is 45.6 Å². The second kappa shape index (κ2) is 9.24. The van der Waals surface area contributed by atoms with Gasteiger partial charge < -0.3 is 14.4 Å². The first-order chi connectivity index (χ1) is 13.5. The fourth-order valence-electron chi connectivity index (χ4n) is 3.70. The Morgan fingerprint density at radius 3 is 2.32 bits per heavy atom. The molecule has 1 aromatic rings. The van der Waals surface area contributed by atoms with Gasteiger partial charge in [0, 0.05) is 32.8 Å². The van der Waals surface area contributed by atoms with Gasteiger partial charge in [0.05, 0.1) is 11.7 Å². The lowest BCUT2D eigenvalue weighted by Gasteiger charge is -2.20. The van der Waals surface area contributed by atoms with Gasteiger partial charge >= 0.3 is 0 Å². The summed E-state index contributed by atoms with van der Waals surface area (Å²) in [7, 11) is 0. The Morgan fingerprint density at radius 2 is 1.71 bits per heavy atom. The molecule has 152 valence electrons. The van der Waals surface area contributed by atoms with Crippen LogP contribution >= 0.6 is 0 Å². The maximum atomic E-state index is 13.2. The summed E-state index contributed by atoms with van der Waals surface area (Å²) >= 11 is 0. The number of ether oxygens (including phenoxy) is 2. The SMILES string of the molecule is CCOCCCN1C(=O)C(c2ccc(OC(C)C)cc2)=C(N2CCCC2)C1=O. The first-order valence-electron chi connectivity index (χ1n) is 10.2. The molecule has 0 radical (unpaired) electrons. The van der Waals surface area contributed by atoms with E-state index < -0.39 is 0 Å². The van der Waals surface area contributed by atoms with Gasteiger partial charge in [-0.15, -0.1) is 0 Å². The van der Waals surface area contributed by atoms with Crippen LogP contribution < -0.4 is 4.74 Å². The van der Waals surface area contributed by atoms with Crippen LogP contribution in [0, 0.1) is 0 Å². The molecule has 28 heavy (non-hydrogen) atoms. The summed E-state index contributed by atoms with van der Waals surface area (Å²) in [6.45, 7) is 9.08. The molecular weight excluding hydrogens is 356 g/mol. The zero-order valence-corrected chi connectivity index (χ0v) is 17.1. The Bertz CT molecular complexity index is 733. The van der Waals surface area contributed by atoms with Crippen molar-refractivity contribution in [2.45, 2.75) is 46.1 Å². The molecule has 1 aromatic carbocycles. The average molecular weight is 386 g/mol. The molecule has 2 aliphatic heterocycles. The first-order valence-corrected chi connectivity index (χ1v) is 10.2. The van der Waals surface area contributed by atoms with E-state index in [0.29, 0.717) is 37.4 Å². The van der Waals surface area contributed by atoms with E-state index in [1.54, 1.807) is 0 Å². The van der Waals surface area contributed by atoms with Crippen molar-refractivity contribution < 1.29 is 19.1 Å². The van der Waals surface area contributed by atoms with E-state index >= 15 is 0 Å². The monoisotopic (exact) mass is 386 g/mol. The maximum Gasteiger partial charge on any atom is 0.277 e. The summed E-state index contributed by atoms with van der Waals surface area (Å²) in [6, 6.07) is 7.47. The number of hydrogen-bond acceptors (Lipinski definition) is 5. The molecule has 0 atom stereocenters. The van der Waals surface area contributed by atoms with Gasteiger partial charge in [-0.1, -0.05) is 12.1 Å². The smallest absolute Gasteiger partial charge is 0.277 e. The Hall–Kier alpha value is -2.34. The molecule has 0 saturated carbocycles. The van der Waals surface area contributed by atoms with Crippen LogP contribution in [0.4, 0.5) is 0 Å². The second-order valence-electron chi connectivity index (χ2n) is 7.42. The highest BCUT2D eigenvalue weighted by Crippen LogP contribution is 2.34. The Balaban J connectivity index is 1.87. The van der Waals surface area contributed by atoms with Gasteiger partial charge in [-0.2, -0.15) is 0 Å². The van der Waals surface area contributed by atoms with E-state index in [0.717, 1.165) is 37.2 Å². The van der Waals surface area contributed by atoms with Crippen LogP contribution in [0.2, 0.25) is 0 Å². The summed E-state index contributed by atoms with van der Waals surface area (Å²) < 4.78 is 11.1. The molecule has 2 heterocycles. The number of carbonyl (C=O) groups excluding carboxylic acids is 2. The van der Waals surface area contributed by atoms with Crippen molar-refractivity contribution in [3.8, 4) is 5.75 Å². The molecule has 2 aliphatic rings. The number of rotatable bonds is 9. The Kier molecular flexibility index (Phi) is 6.73. The molecule has 6 nitrogen and oxygen atoms in total. The van der Waals surface area contributed by atoms with Crippen LogP contribution in [0.25, 0.3) is 5.57 Å². The highest BCUT2D eigenvalue weighted by Gasteiger charge is 2.41. The van der Waals surface area contributed by atoms with Gasteiger partial charge in [-0.05, 0) is 57.7 Å². The molecule has 0 spiro atoms. The summed E-state index contributed by atoms with van der Waals surface area (Å²) in [5.74, 6) is 0.370. The molecule has 6 heteroatoms. The average Bonchev–Trinajstić information content (AvgIpc) is 3.27. The maximum absolute atomic E-state index is 13.2. The largest absolute Gasteiger partial charge is 0.491 e. The topological polar surface area (TPSA) is 59.1 Å². The molecule has 0 unspecified atom stereocenters. The van der Waals surface area contributed by atoms with Gasteiger partial charge in [-0.3, -0.25) is 14.5 Å². The number of carbonyl (C=O) groups is 2. The number of likely N-dealkylation sites (tertiary alicyclic amines) is 1. The predicted molar refractivity (Wildman–Crippen MR) is 108 cm³/mol. The van der Waals surface area contributed by atoms with Crippen LogP contribution in [0.5, 0.6) is 5.75 Å². The lowest BCUT2D eigenvalue weighted by Crippen LogP contribution is -2.35. The third-order valence-electron chi connectivity index (χ3n) is 4.96. The number of nitrogens with zero attached hydrogens (tertiary/aromatic N) is 2. The van der Waals surface area contributed by atoms with Crippen LogP contribution in [0.3, 0.4) is 0 Å². The van der Waals surface area contributed by atoms with E-state index in [1.165, 1.54) is 4.90 Å². The summed E-state index contributed by atoms with van der Waals surface area (Å²) in [4.78, 5) is 29.7. The van der Waals surface area contributed by atoms with Crippen molar-refractivity contribution in [3.63, 3.8) is 0 Å². The molecule has 1 fully saturated rings. The minimum Gasteiger partial charge on any atom is -0.491 e. The fraction of sp³-hybridized carbons (Fsp3) is 0.545. The molecule has 0 aromatic heterocycles.